The van der Waals surface area contributed by atoms with Gasteiger partial charge in [0.1, 0.15) is 0 Å². The first kappa shape index (κ1) is 14.0. The van der Waals surface area contributed by atoms with Crippen LogP contribution in [-0.2, 0) is 4.79 Å². The van der Waals surface area contributed by atoms with Gasteiger partial charge in [-0.3, -0.25) is 4.79 Å². The molecule has 1 rings (SSSR count). The van der Waals surface area contributed by atoms with E-state index in [2.05, 4.69) is 11.4 Å². The molecule has 0 aromatic carbocycles. The minimum absolute atomic E-state index is 0.175. The largest absolute Gasteiger partial charge is 0.481 e. The normalized spacial score (nSPS) is 24.5. The van der Waals surface area contributed by atoms with E-state index < -0.39 is 5.97 Å². The van der Waals surface area contributed by atoms with Gasteiger partial charge in [-0.2, -0.15) is 5.26 Å². The minimum Gasteiger partial charge on any atom is -0.481 e. The predicted octanol–water partition coefficient (Wildman–Crippen LogP) is 2.02. The highest BCUT2D eigenvalue weighted by Crippen LogP contribution is 2.31. The quantitative estimate of drug-likeness (QED) is 0.694. The Bertz CT molecular complexity index is 307. The van der Waals surface area contributed by atoms with Crippen LogP contribution in [0.2, 0.25) is 0 Å². The Hall–Kier alpha value is -1.08. The van der Waals surface area contributed by atoms with E-state index in [4.69, 9.17) is 10.4 Å². The molecule has 0 amide bonds. The van der Waals surface area contributed by atoms with Crippen LogP contribution in [0.4, 0.5) is 0 Å². The van der Waals surface area contributed by atoms with Crippen LogP contribution in [0.25, 0.3) is 0 Å². The lowest BCUT2D eigenvalue weighted by Crippen LogP contribution is -2.31. The molecule has 4 nitrogen and oxygen atoms in total. The topological polar surface area (TPSA) is 73.1 Å². The fraction of sp³-hybridized carbons (Fsp3) is 0.846. The molecule has 0 aromatic heterocycles. The van der Waals surface area contributed by atoms with Gasteiger partial charge >= 0.3 is 5.97 Å². The van der Waals surface area contributed by atoms with Crippen molar-refractivity contribution in [1.29, 1.82) is 5.26 Å². The molecular formula is C13H22N2O2. The number of carboxylic acid groups (broad SMARTS) is 1. The number of nitrogens with zero attached hydrogens (tertiary/aromatic N) is 1. The summed E-state index contributed by atoms with van der Waals surface area (Å²) in [6, 6.07) is 2.26. The monoisotopic (exact) mass is 238 g/mol. The summed E-state index contributed by atoms with van der Waals surface area (Å²) < 4.78 is 0. The van der Waals surface area contributed by atoms with Crippen molar-refractivity contribution in [2.75, 3.05) is 13.1 Å². The standard InChI is InChI=1S/C13H22N2O2/c1-13(2,9-14)6-7-15-8-10-4-3-5-11(10)12(16)17/h10-11,15H,3-8H2,1-2H3,(H,16,17). The molecule has 17 heavy (non-hydrogen) atoms. The van der Waals surface area contributed by atoms with Crippen molar-refractivity contribution in [3.05, 3.63) is 0 Å². The summed E-state index contributed by atoms with van der Waals surface area (Å²) in [5, 5.41) is 21.2. The van der Waals surface area contributed by atoms with Crippen LogP contribution >= 0.6 is 0 Å². The maximum absolute atomic E-state index is 11.0. The number of aliphatic carboxylic acids is 1. The Balaban J connectivity index is 2.23. The van der Waals surface area contributed by atoms with Crippen molar-refractivity contribution in [2.24, 2.45) is 17.3 Å². The molecule has 0 spiro atoms. The molecule has 96 valence electrons. The second-order valence-corrected chi connectivity index (χ2v) is 5.59. The predicted molar refractivity (Wildman–Crippen MR) is 65.3 cm³/mol. The molecule has 4 heteroatoms. The van der Waals surface area contributed by atoms with Gasteiger partial charge in [-0.15, -0.1) is 0 Å². The van der Waals surface area contributed by atoms with Crippen LogP contribution in [0.15, 0.2) is 0 Å². The zero-order valence-corrected chi connectivity index (χ0v) is 10.7. The van der Waals surface area contributed by atoms with Gasteiger partial charge in [-0.25, -0.2) is 0 Å². The van der Waals surface area contributed by atoms with E-state index in [9.17, 15) is 4.79 Å². The van der Waals surface area contributed by atoms with E-state index in [1.807, 2.05) is 13.8 Å². The molecule has 0 heterocycles. The SMILES string of the molecule is CC(C)(C#N)CCNCC1CCCC1C(=O)O. The number of nitriles is 1. The maximum atomic E-state index is 11.0. The Morgan fingerprint density at radius 3 is 2.82 bits per heavy atom. The number of nitrogens with one attached hydrogen (secondary N) is 1. The number of hydrogen-bond acceptors (Lipinski definition) is 3. The Labute approximate surface area is 103 Å². The third-order valence-corrected chi connectivity index (χ3v) is 3.61. The van der Waals surface area contributed by atoms with E-state index >= 15 is 0 Å². The summed E-state index contributed by atoms with van der Waals surface area (Å²) in [7, 11) is 0. The zero-order chi connectivity index (χ0) is 12.9. The van der Waals surface area contributed by atoms with Gasteiger partial charge in [0.2, 0.25) is 0 Å². The first-order chi connectivity index (χ1) is 7.96. The lowest BCUT2D eigenvalue weighted by molar-refractivity contribution is -0.142. The fourth-order valence-electron chi connectivity index (χ4n) is 2.35. The van der Waals surface area contributed by atoms with Gasteiger partial charge in [-0.05, 0) is 52.1 Å². The van der Waals surface area contributed by atoms with Gasteiger partial charge in [-0.1, -0.05) is 6.42 Å². The summed E-state index contributed by atoms with van der Waals surface area (Å²) in [6.45, 7) is 5.39. The molecule has 1 fully saturated rings. The summed E-state index contributed by atoms with van der Waals surface area (Å²) in [4.78, 5) is 11.0. The molecule has 1 aliphatic carbocycles. The Morgan fingerprint density at radius 1 is 1.53 bits per heavy atom. The van der Waals surface area contributed by atoms with Crippen LogP contribution in [0, 0.1) is 28.6 Å². The van der Waals surface area contributed by atoms with E-state index in [0.717, 1.165) is 38.8 Å². The average Bonchev–Trinajstić information content (AvgIpc) is 2.73. The van der Waals surface area contributed by atoms with Crippen molar-refractivity contribution < 1.29 is 9.90 Å². The van der Waals surface area contributed by atoms with E-state index in [-0.39, 0.29) is 17.3 Å². The molecule has 2 unspecified atom stereocenters. The second kappa shape index (κ2) is 6.02. The second-order valence-electron chi connectivity index (χ2n) is 5.59. The minimum atomic E-state index is -0.661. The van der Waals surface area contributed by atoms with Crippen LogP contribution in [-0.4, -0.2) is 24.2 Å². The van der Waals surface area contributed by atoms with Gasteiger partial charge < -0.3 is 10.4 Å². The lowest BCUT2D eigenvalue weighted by atomic mass is 9.91. The third-order valence-electron chi connectivity index (χ3n) is 3.61. The summed E-state index contributed by atoms with van der Waals surface area (Å²) in [5.41, 5.74) is -0.297. The van der Waals surface area contributed by atoms with Crippen LogP contribution in [0.1, 0.15) is 39.5 Å². The van der Waals surface area contributed by atoms with E-state index in [1.54, 1.807) is 0 Å². The van der Waals surface area contributed by atoms with Gasteiger partial charge in [0.15, 0.2) is 0 Å². The molecule has 0 bridgehead atoms. The Kier molecular flexibility index (Phi) is 4.95. The van der Waals surface area contributed by atoms with Gasteiger partial charge in [0, 0.05) is 0 Å². The number of hydrogen-bond donors (Lipinski definition) is 2. The first-order valence-electron chi connectivity index (χ1n) is 6.31. The van der Waals surface area contributed by atoms with Crippen molar-refractivity contribution in [1.82, 2.24) is 5.32 Å². The highest BCUT2D eigenvalue weighted by molar-refractivity contribution is 5.70. The molecule has 0 radical (unpaired) electrons. The van der Waals surface area contributed by atoms with Crippen molar-refractivity contribution >= 4 is 5.97 Å². The van der Waals surface area contributed by atoms with Gasteiger partial charge in [0.25, 0.3) is 0 Å². The lowest BCUT2D eigenvalue weighted by Gasteiger charge is -2.19. The smallest absolute Gasteiger partial charge is 0.306 e. The summed E-state index contributed by atoms with van der Waals surface area (Å²) >= 11 is 0. The molecule has 0 saturated heterocycles. The van der Waals surface area contributed by atoms with E-state index in [0.29, 0.717) is 0 Å². The first-order valence-corrected chi connectivity index (χ1v) is 6.31. The number of rotatable bonds is 6. The molecule has 1 aliphatic rings. The van der Waals surface area contributed by atoms with Crippen molar-refractivity contribution in [3.8, 4) is 6.07 Å². The molecule has 1 saturated carbocycles. The summed E-state index contributed by atoms with van der Waals surface area (Å²) in [6.07, 6.45) is 3.64. The van der Waals surface area contributed by atoms with E-state index in [1.165, 1.54) is 0 Å². The number of carbonyl (C=O) groups is 1. The van der Waals surface area contributed by atoms with Gasteiger partial charge in [0.05, 0.1) is 17.4 Å². The van der Waals surface area contributed by atoms with Crippen LogP contribution in [0.3, 0.4) is 0 Å². The zero-order valence-electron chi connectivity index (χ0n) is 10.7. The Morgan fingerprint density at radius 2 is 2.24 bits per heavy atom. The summed E-state index contributed by atoms with van der Waals surface area (Å²) in [5.74, 6) is -0.573. The molecule has 0 aliphatic heterocycles. The highest BCUT2D eigenvalue weighted by atomic mass is 16.4. The van der Waals surface area contributed by atoms with Crippen molar-refractivity contribution in [3.63, 3.8) is 0 Å². The van der Waals surface area contributed by atoms with Crippen molar-refractivity contribution in [2.45, 2.75) is 39.5 Å². The number of carboxylic acids is 1. The molecule has 0 aromatic rings. The maximum Gasteiger partial charge on any atom is 0.306 e. The van der Waals surface area contributed by atoms with Crippen LogP contribution in [0.5, 0.6) is 0 Å². The average molecular weight is 238 g/mol. The molecule has 2 N–H and O–H groups in total. The molecular weight excluding hydrogens is 216 g/mol. The third kappa shape index (κ3) is 4.35. The van der Waals surface area contributed by atoms with Crippen LogP contribution < -0.4 is 5.32 Å². The molecule has 2 atom stereocenters. The fourth-order valence-corrected chi connectivity index (χ4v) is 2.35. The highest BCUT2D eigenvalue weighted by Gasteiger charge is 2.32.